The maximum absolute atomic E-state index is 5.64. The highest BCUT2D eigenvalue weighted by Gasteiger charge is 2.17. The Morgan fingerprint density at radius 1 is 1.11 bits per heavy atom. The fraction of sp³-hybridized carbons (Fsp3) is 0.286. The van der Waals surface area contributed by atoms with Gasteiger partial charge >= 0.3 is 0 Å². The molecule has 0 spiro atoms. The van der Waals surface area contributed by atoms with E-state index < -0.39 is 0 Å². The van der Waals surface area contributed by atoms with E-state index in [2.05, 4.69) is 15.3 Å². The molecule has 2 heterocycles. The number of benzene rings is 1. The van der Waals surface area contributed by atoms with Crippen LogP contribution in [0.5, 0.6) is 5.75 Å². The van der Waals surface area contributed by atoms with E-state index in [-0.39, 0.29) is 0 Å². The molecule has 0 saturated carbocycles. The Bertz CT molecular complexity index is 494. The molecule has 1 aliphatic heterocycles. The van der Waals surface area contributed by atoms with Gasteiger partial charge in [0.15, 0.2) is 11.6 Å². The Morgan fingerprint density at radius 2 is 1.83 bits per heavy atom. The molecule has 1 saturated heterocycles. The molecule has 1 N–H and O–H groups in total. The molecule has 0 radical (unpaired) electrons. The van der Waals surface area contributed by atoms with E-state index >= 15 is 0 Å². The number of rotatable bonds is 4. The van der Waals surface area contributed by atoms with Crippen LogP contribution >= 0.6 is 0 Å². The van der Waals surface area contributed by atoms with Crippen molar-refractivity contribution in [2.24, 2.45) is 5.92 Å². The summed E-state index contributed by atoms with van der Waals surface area (Å²) in [4.78, 5) is 8.64. The Kier molecular flexibility index (Phi) is 3.19. The van der Waals surface area contributed by atoms with Crippen molar-refractivity contribution in [3.05, 3.63) is 42.7 Å². The van der Waals surface area contributed by atoms with Crippen molar-refractivity contribution < 1.29 is 4.74 Å². The summed E-state index contributed by atoms with van der Waals surface area (Å²) in [6, 6.07) is 9.93. The van der Waals surface area contributed by atoms with Gasteiger partial charge in [0.25, 0.3) is 0 Å². The van der Waals surface area contributed by atoms with E-state index in [4.69, 9.17) is 4.74 Å². The minimum Gasteiger partial charge on any atom is -0.490 e. The van der Waals surface area contributed by atoms with Crippen molar-refractivity contribution in [3.8, 4) is 17.1 Å². The normalized spacial score (nSPS) is 15.1. The zero-order chi connectivity index (χ0) is 12.2. The van der Waals surface area contributed by atoms with Crippen LogP contribution in [0.1, 0.15) is 0 Å². The SMILES string of the molecule is c1ccc(-c2ncc(OCC3CNC3)cn2)cc1. The molecule has 0 amide bonds. The predicted octanol–water partition coefficient (Wildman–Crippen LogP) is 1.74. The van der Waals surface area contributed by atoms with Gasteiger partial charge in [0.1, 0.15) is 0 Å². The van der Waals surface area contributed by atoms with Crippen LogP contribution in [0.15, 0.2) is 42.7 Å². The van der Waals surface area contributed by atoms with E-state index in [1.165, 1.54) is 0 Å². The van der Waals surface area contributed by atoms with E-state index in [9.17, 15) is 0 Å². The Labute approximate surface area is 106 Å². The highest BCUT2D eigenvalue weighted by molar-refractivity contribution is 5.54. The average Bonchev–Trinajstić information content (AvgIpc) is 2.39. The first-order valence-corrected chi connectivity index (χ1v) is 6.13. The zero-order valence-corrected chi connectivity index (χ0v) is 10.0. The van der Waals surface area contributed by atoms with E-state index in [0.717, 1.165) is 36.8 Å². The molecule has 1 fully saturated rings. The fourth-order valence-electron chi connectivity index (χ4n) is 1.81. The number of nitrogens with one attached hydrogen (secondary N) is 1. The molecule has 1 aromatic carbocycles. The van der Waals surface area contributed by atoms with Gasteiger partial charge in [-0.3, -0.25) is 0 Å². The maximum Gasteiger partial charge on any atom is 0.159 e. The molecule has 1 aliphatic rings. The van der Waals surface area contributed by atoms with Gasteiger partial charge < -0.3 is 10.1 Å². The van der Waals surface area contributed by atoms with E-state index in [1.54, 1.807) is 12.4 Å². The highest BCUT2D eigenvalue weighted by atomic mass is 16.5. The third kappa shape index (κ3) is 2.49. The Balaban J connectivity index is 1.65. The van der Waals surface area contributed by atoms with Gasteiger partial charge in [0.2, 0.25) is 0 Å². The van der Waals surface area contributed by atoms with Crippen LogP contribution in [0.4, 0.5) is 0 Å². The molecule has 2 aromatic rings. The zero-order valence-electron chi connectivity index (χ0n) is 10.0. The van der Waals surface area contributed by atoms with Crippen molar-refractivity contribution in [1.29, 1.82) is 0 Å². The molecule has 0 bridgehead atoms. The third-order valence-corrected chi connectivity index (χ3v) is 3.01. The van der Waals surface area contributed by atoms with Gasteiger partial charge in [-0.05, 0) is 0 Å². The Morgan fingerprint density at radius 3 is 2.44 bits per heavy atom. The summed E-state index contributed by atoms with van der Waals surface area (Å²) in [7, 11) is 0. The van der Waals surface area contributed by atoms with Crippen LogP contribution in [-0.4, -0.2) is 29.7 Å². The fourth-order valence-corrected chi connectivity index (χ4v) is 1.81. The molecule has 92 valence electrons. The number of ether oxygens (including phenoxy) is 1. The van der Waals surface area contributed by atoms with Crippen LogP contribution < -0.4 is 10.1 Å². The molecule has 4 heteroatoms. The molecule has 4 nitrogen and oxygen atoms in total. The molecule has 0 aliphatic carbocycles. The van der Waals surface area contributed by atoms with Crippen molar-refractivity contribution in [1.82, 2.24) is 15.3 Å². The van der Waals surface area contributed by atoms with Crippen LogP contribution in [0.25, 0.3) is 11.4 Å². The second-order valence-electron chi connectivity index (χ2n) is 4.44. The molecular formula is C14H15N3O. The lowest BCUT2D eigenvalue weighted by Crippen LogP contribution is -2.45. The first kappa shape index (κ1) is 11.2. The number of nitrogens with zero attached hydrogens (tertiary/aromatic N) is 2. The minimum atomic E-state index is 0.624. The van der Waals surface area contributed by atoms with E-state index in [1.807, 2.05) is 30.3 Å². The average molecular weight is 241 g/mol. The van der Waals surface area contributed by atoms with Crippen molar-refractivity contribution in [2.75, 3.05) is 19.7 Å². The van der Waals surface area contributed by atoms with Crippen LogP contribution in [0.2, 0.25) is 0 Å². The molecule has 0 unspecified atom stereocenters. The molecular weight excluding hydrogens is 226 g/mol. The van der Waals surface area contributed by atoms with Gasteiger partial charge in [-0.1, -0.05) is 30.3 Å². The molecule has 18 heavy (non-hydrogen) atoms. The summed E-state index contributed by atoms with van der Waals surface area (Å²) >= 11 is 0. The second-order valence-corrected chi connectivity index (χ2v) is 4.44. The van der Waals surface area contributed by atoms with Gasteiger partial charge in [-0.15, -0.1) is 0 Å². The highest BCUT2D eigenvalue weighted by Crippen LogP contribution is 2.16. The summed E-state index contributed by atoms with van der Waals surface area (Å²) in [5.41, 5.74) is 1.02. The van der Waals surface area contributed by atoms with Gasteiger partial charge in [0.05, 0.1) is 19.0 Å². The third-order valence-electron chi connectivity index (χ3n) is 3.01. The van der Waals surface area contributed by atoms with Crippen LogP contribution in [0, 0.1) is 5.92 Å². The smallest absolute Gasteiger partial charge is 0.159 e. The topological polar surface area (TPSA) is 47.0 Å². The van der Waals surface area contributed by atoms with Crippen molar-refractivity contribution in [3.63, 3.8) is 0 Å². The number of hydrogen-bond donors (Lipinski definition) is 1. The minimum absolute atomic E-state index is 0.624. The molecule has 1 aromatic heterocycles. The van der Waals surface area contributed by atoms with Gasteiger partial charge in [-0.25, -0.2) is 9.97 Å². The van der Waals surface area contributed by atoms with Crippen LogP contribution in [0.3, 0.4) is 0 Å². The first-order valence-electron chi connectivity index (χ1n) is 6.13. The van der Waals surface area contributed by atoms with Crippen molar-refractivity contribution in [2.45, 2.75) is 0 Å². The summed E-state index contributed by atoms with van der Waals surface area (Å²) < 4.78 is 5.64. The number of hydrogen-bond acceptors (Lipinski definition) is 4. The monoisotopic (exact) mass is 241 g/mol. The lowest BCUT2D eigenvalue weighted by atomic mass is 10.1. The lowest BCUT2D eigenvalue weighted by molar-refractivity contribution is 0.198. The largest absolute Gasteiger partial charge is 0.490 e. The quantitative estimate of drug-likeness (QED) is 0.885. The Hall–Kier alpha value is -1.94. The summed E-state index contributed by atoms with van der Waals surface area (Å²) in [5, 5.41) is 3.22. The molecule has 0 atom stereocenters. The van der Waals surface area contributed by atoms with Gasteiger partial charge in [0, 0.05) is 24.6 Å². The first-order chi connectivity index (χ1) is 8.92. The summed E-state index contributed by atoms with van der Waals surface area (Å²) in [5.74, 6) is 2.09. The lowest BCUT2D eigenvalue weighted by Gasteiger charge is -2.26. The number of aromatic nitrogens is 2. The van der Waals surface area contributed by atoms with Crippen LogP contribution in [-0.2, 0) is 0 Å². The molecule has 3 rings (SSSR count). The van der Waals surface area contributed by atoms with E-state index in [0.29, 0.717) is 5.92 Å². The summed E-state index contributed by atoms with van der Waals surface area (Å²) in [6.07, 6.45) is 3.48. The second kappa shape index (κ2) is 5.14. The summed E-state index contributed by atoms with van der Waals surface area (Å²) in [6.45, 7) is 2.83. The standard InChI is InChI=1S/C14H15N3O/c1-2-4-12(5-3-1)14-16-8-13(9-17-14)18-10-11-6-15-7-11/h1-5,8-9,11,15H,6-7,10H2. The van der Waals surface area contributed by atoms with Gasteiger partial charge in [-0.2, -0.15) is 0 Å². The maximum atomic E-state index is 5.64. The van der Waals surface area contributed by atoms with Crippen molar-refractivity contribution >= 4 is 0 Å². The predicted molar refractivity (Wildman–Crippen MR) is 69.3 cm³/mol.